The van der Waals surface area contributed by atoms with E-state index in [1.54, 1.807) is 29.1 Å². The molecule has 3 atom stereocenters. The van der Waals surface area contributed by atoms with Gasteiger partial charge in [0.2, 0.25) is 5.95 Å². The number of nitrogens with one attached hydrogen (secondary N) is 1. The van der Waals surface area contributed by atoms with E-state index in [4.69, 9.17) is 4.74 Å². The number of aliphatic hydroxyl groups is 1. The number of carbonyl (C=O) groups is 1. The maximum absolute atomic E-state index is 14.7. The number of hydrogen-bond donors (Lipinski definition) is 2. The van der Waals surface area contributed by atoms with Crippen LogP contribution in [0.4, 0.5) is 16.0 Å². The van der Waals surface area contributed by atoms with E-state index in [1.807, 2.05) is 14.0 Å². The van der Waals surface area contributed by atoms with Crippen LogP contribution in [0.25, 0.3) is 11.4 Å². The number of hydrogen-bond acceptors (Lipinski definition) is 9. The summed E-state index contributed by atoms with van der Waals surface area (Å²) < 4.78 is 22.3. The number of anilines is 2. The summed E-state index contributed by atoms with van der Waals surface area (Å²) in [6.45, 7) is 3.34. The number of alkyl halides is 1. The SMILES string of the molecule is Cc1c(Nc2ncnc(-c3ccc(O[C@H]4CCN(C(=O)[C@H](C)O)C[C@@H]4F)c(C#N)c3)n2)cnn1C. The monoisotopic (exact) mass is 480 g/mol. The minimum Gasteiger partial charge on any atom is -0.486 e. The first-order valence-electron chi connectivity index (χ1n) is 11.0. The highest BCUT2D eigenvalue weighted by molar-refractivity contribution is 5.80. The van der Waals surface area contributed by atoms with E-state index < -0.39 is 24.3 Å². The molecule has 1 fully saturated rings. The third-order valence-corrected chi connectivity index (χ3v) is 5.84. The smallest absolute Gasteiger partial charge is 0.251 e. The number of aryl methyl sites for hydroxylation is 1. The van der Waals surface area contributed by atoms with Crippen LogP contribution in [0.15, 0.2) is 30.7 Å². The fraction of sp³-hybridized carbons (Fsp3) is 0.391. The number of aliphatic hydroxyl groups excluding tert-OH is 1. The van der Waals surface area contributed by atoms with E-state index in [1.165, 1.54) is 18.2 Å². The van der Waals surface area contributed by atoms with Gasteiger partial charge in [0.1, 0.15) is 30.4 Å². The third kappa shape index (κ3) is 5.20. The zero-order valence-corrected chi connectivity index (χ0v) is 19.5. The number of piperidine rings is 1. The minimum atomic E-state index is -1.45. The van der Waals surface area contributed by atoms with Crippen molar-refractivity contribution in [1.29, 1.82) is 5.26 Å². The van der Waals surface area contributed by atoms with E-state index in [0.717, 1.165) is 11.4 Å². The lowest BCUT2D eigenvalue weighted by atomic mass is 10.0. The van der Waals surface area contributed by atoms with Crippen LogP contribution in [0, 0.1) is 18.3 Å². The Morgan fingerprint density at radius 2 is 2.20 bits per heavy atom. The summed E-state index contributed by atoms with van der Waals surface area (Å²) in [5.74, 6) is 0.389. The Bertz CT molecular complexity index is 1270. The van der Waals surface area contributed by atoms with Gasteiger partial charge in [-0.15, -0.1) is 0 Å². The highest BCUT2D eigenvalue weighted by atomic mass is 19.1. The van der Waals surface area contributed by atoms with Gasteiger partial charge in [-0.25, -0.2) is 14.4 Å². The van der Waals surface area contributed by atoms with Crippen molar-refractivity contribution in [3.63, 3.8) is 0 Å². The van der Waals surface area contributed by atoms with Crippen molar-refractivity contribution in [1.82, 2.24) is 29.6 Å². The van der Waals surface area contributed by atoms with Gasteiger partial charge >= 0.3 is 0 Å². The molecule has 12 heteroatoms. The molecule has 3 aromatic rings. The van der Waals surface area contributed by atoms with Crippen LogP contribution in [0.3, 0.4) is 0 Å². The van der Waals surface area contributed by atoms with Crippen molar-refractivity contribution >= 4 is 17.5 Å². The summed E-state index contributed by atoms with van der Waals surface area (Å²) in [5, 5.41) is 26.4. The number of rotatable bonds is 6. The van der Waals surface area contributed by atoms with Gasteiger partial charge in [-0.1, -0.05) is 0 Å². The Balaban J connectivity index is 1.49. The van der Waals surface area contributed by atoms with Crippen LogP contribution in [0.5, 0.6) is 5.75 Å². The number of carbonyl (C=O) groups excluding carboxylic acids is 1. The molecule has 0 aliphatic carbocycles. The number of amides is 1. The fourth-order valence-electron chi connectivity index (χ4n) is 3.74. The second kappa shape index (κ2) is 10.0. The number of nitriles is 1. The fourth-order valence-corrected chi connectivity index (χ4v) is 3.74. The Hall–Kier alpha value is -4.11. The van der Waals surface area contributed by atoms with Crippen molar-refractivity contribution in [3.05, 3.63) is 42.0 Å². The lowest BCUT2D eigenvalue weighted by Gasteiger charge is -2.35. The van der Waals surface area contributed by atoms with Crippen LogP contribution in [-0.4, -0.2) is 72.1 Å². The quantitative estimate of drug-likeness (QED) is 0.541. The van der Waals surface area contributed by atoms with Crippen molar-refractivity contribution < 1.29 is 19.0 Å². The summed E-state index contributed by atoms with van der Waals surface area (Å²) >= 11 is 0. The molecule has 1 saturated heterocycles. The van der Waals surface area contributed by atoms with Gasteiger partial charge in [0.25, 0.3) is 5.91 Å². The van der Waals surface area contributed by atoms with Crippen LogP contribution in [0.2, 0.25) is 0 Å². The predicted molar refractivity (Wildman–Crippen MR) is 123 cm³/mol. The molecule has 11 nitrogen and oxygen atoms in total. The maximum Gasteiger partial charge on any atom is 0.251 e. The first kappa shape index (κ1) is 24.0. The molecular weight excluding hydrogens is 455 g/mol. The van der Waals surface area contributed by atoms with Gasteiger partial charge in [-0.2, -0.15) is 15.3 Å². The molecule has 3 heterocycles. The molecule has 35 heavy (non-hydrogen) atoms. The highest BCUT2D eigenvalue weighted by Gasteiger charge is 2.34. The number of likely N-dealkylation sites (tertiary alicyclic amines) is 1. The van der Waals surface area contributed by atoms with E-state index in [2.05, 4.69) is 31.4 Å². The second-order valence-corrected chi connectivity index (χ2v) is 8.27. The number of halogens is 1. The van der Waals surface area contributed by atoms with Gasteiger partial charge < -0.3 is 20.1 Å². The summed E-state index contributed by atoms with van der Waals surface area (Å²) in [5.41, 5.74) is 2.44. The zero-order chi connectivity index (χ0) is 25.1. The average Bonchev–Trinajstić information content (AvgIpc) is 3.17. The molecule has 2 aromatic heterocycles. The third-order valence-electron chi connectivity index (χ3n) is 5.84. The van der Waals surface area contributed by atoms with E-state index in [-0.39, 0.29) is 30.8 Å². The molecule has 0 unspecified atom stereocenters. The molecule has 1 amide bonds. The number of ether oxygens (including phenoxy) is 1. The average molecular weight is 481 g/mol. The molecule has 182 valence electrons. The number of benzene rings is 1. The topological polar surface area (TPSA) is 142 Å². The maximum atomic E-state index is 14.7. The summed E-state index contributed by atoms with van der Waals surface area (Å²) in [7, 11) is 1.83. The number of aromatic nitrogens is 5. The van der Waals surface area contributed by atoms with Gasteiger partial charge in [0.05, 0.1) is 29.7 Å². The lowest BCUT2D eigenvalue weighted by Crippen LogP contribution is -2.51. The van der Waals surface area contributed by atoms with Crippen molar-refractivity contribution in [2.24, 2.45) is 7.05 Å². The van der Waals surface area contributed by atoms with Crippen LogP contribution >= 0.6 is 0 Å². The Labute approximate surface area is 201 Å². The molecule has 2 N–H and O–H groups in total. The summed E-state index contributed by atoms with van der Waals surface area (Å²) in [6.07, 6.45) is -0.183. The molecule has 4 rings (SSSR count). The Morgan fingerprint density at radius 3 is 2.86 bits per heavy atom. The van der Waals surface area contributed by atoms with E-state index in [9.17, 15) is 19.6 Å². The molecular formula is C23H25FN8O3. The first-order valence-corrected chi connectivity index (χ1v) is 11.0. The molecule has 0 spiro atoms. The van der Waals surface area contributed by atoms with Crippen molar-refractivity contribution in [2.45, 2.75) is 38.6 Å². The van der Waals surface area contributed by atoms with E-state index in [0.29, 0.717) is 17.3 Å². The van der Waals surface area contributed by atoms with Crippen LogP contribution in [0.1, 0.15) is 24.6 Å². The van der Waals surface area contributed by atoms with Crippen molar-refractivity contribution in [2.75, 3.05) is 18.4 Å². The molecule has 0 saturated carbocycles. The summed E-state index contributed by atoms with van der Waals surface area (Å²) in [4.78, 5) is 26.0. The Morgan fingerprint density at radius 1 is 1.40 bits per heavy atom. The van der Waals surface area contributed by atoms with Gasteiger partial charge in [0, 0.05) is 25.6 Å². The second-order valence-electron chi connectivity index (χ2n) is 8.27. The molecule has 1 aromatic carbocycles. The zero-order valence-electron chi connectivity index (χ0n) is 19.5. The summed E-state index contributed by atoms with van der Waals surface area (Å²) in [6, 6.07) is 6.91. The standard InChI is InChI=1S/C23H25FN8O3/c1-13-18(10-28-31(13)3)29-23-27-12-26-21(30-23)15-4-5-19(16(8-15)9-25)35-20-6-7-32(11-17(20)24)22(34)14(2)33/h4-5,8,10,12,14,17,20,33H,6-7,11H2,1-3H3,(H,26,27,29,30)/t14-,17-,20-/m0/s1. The van der Waals surface area contributed by atoms with Gasteiger partial charge in [0.15, 0.2) is 12.0 Å². The van der Waals surface area contributed by atoms with E-state index >= 15 is 0 Å². The largest absolute Gasteiger partial charge is 0.486 e. The number of nitrogens with zero attached hydrogens (tertiary/aromatic N) is 7. The van der Waals surface area contributed by atoms with Crippen LogP contribution < -0.4 is 10.1 Å². The van der Waals surface area contributed by atoms with Gasteiger partial charge in [-0.05, 0) is 32.0 Å². The Kier molecular flexibility index (Phi) is 6.88. The normalized spacial score (nSPS) is 18.6. The van der Waals surface area contributed by atoms with Crippen LogP contribution in [-0.2, 0) is 11.8 Å². The first-order chi connectivity index (χ1) is 16.8. The lowest BCUT2D eigenvalue weighted by molar-refractivity contribution is -0.143. The minimum absolute atomic E-state index is 0.175. The van der Waals surface area contributed by atoms with Gasteiger partial charge in [-0.3, -0.25) is 9.48 Å². The highest BCUT2D eigenvalue weighted by Crippen LogP contribution is 2.28. The molecule has 0 radical (unpaired) electrons. The molecule has 1 aliphatic rings. The molecule has 0 bridgehead atoms. The molecule has 1 aliphatic heterocycles. The predicted octanol–water partition coefficient (Wildman–Crippen LogP) is 1.89. The van der Waals surface area contributed by atoms with Crippen molar-refractivity contribution in [3.8, 4) is 23.2 Å².